The minimum atomic E-state index is -4.26. The zero-order chi connectivity index (χ0) is 52.7. The third-order valence-corrected chi connectivity index (χ3v) is 15.1. The first-order valence-corrected chi connectivity index (χ1v) is 26.3. The van der Waals surface area contributed by atoms with E-state index in [4.69, 9.17) is 46.8 Å². The minimum absolute atomic E-state index is 0.00137. The maximum absolute atomic E-state index is 14.8. The Labute approximate surface area is 419 Å². The van der Waals surface area contributed by atoms with Crippen LogP contribution in [0.4, 0.5) is 0 Å². The van der Waals surface area contributed by atoms with Gasteiger partial charge < -0.3 is 52.6 Å². The molecule has 0 aliphatic carbocycles. The number of esters is 3. The second kappa shape index (κ2) is 24.4. The molecule has 71 heavy (non-hydrogen) atoms. The highest BCUT2D eigenvalue weighted by Gasteiger charge is 2.55. The fraction of sp³-hybridized carbons (Fsp3) is 0.692. The fourth-order valence-electron chi connectivity index (χ4n) is 10.3. The fourth-order valence-corrected chi connectivity index (χ4v) is 11.0. The number of ketones is 1. The molecule has 3 aliphatic heterocycles. The Morgan fingerprint density at radius 2 is 1.31 bits per heavy atom. The van der Waals surface area contributed by atoms with Crippen LogP contribution in [0.1, 0.15) is 109 Å². The summed E-state index contributed by atoms with van der Waals surface area (Å²) >= 11 is 0. The van der Waals surface area contributed by atoms with Crippen molar-refractivity contribution in [3.05, 3.63) is 71.8 Å². The van der Waals surface area contributed by atoms with Gasteiger partial charge >= 0.3 is 17.9 Å². The number of methoxy groups -OCH3 is 2. The van der Waals surface area contributed by atoms with Crippen molar-refractivity contribution in [3.63, 3.8) is 0 Å². The number of hydrogen-bond donors (Lipinski definition) is 1. The standard InChI is InChI=1S/C52H77NO17S/c1-15-38-44(70-71(14,59)60)41(55)31(4)40(54)29(2)27-51(8,61-12)45(69-50-43(37(53(10)11)26-30(3)63-50)67-48(57)35-22-18-16-19-23-35)32(5)42(33(6)47(56)65-38)66-39-28-52(9,62-13)46(34(7)64-39)68-49(58)36-24-20-17-21-25-36/h16-25,29-34,37-39,41-46,50,55H,15,26-28H2,1-14H3/t29-,30-,31+,32+,33-,34+,37+,38-,39?,41-,42+,43-,44+,45-,46+,50?,51-,52-/m1/s1. The summed E-state index contributed by atoms with van der Waals surface area (Å²) in [6.45, 7) is 15.3. The number of nitrogens with zero attached hydrogens (tertiary/aromatic N) is 1. The number of cyclic esters (lactones) is 1. The van der Waals surface area contributed by atoms with E-state index in [0.717, 1.165) is 6.26 Å². The van der Waals surface area contributed by atoms with Gasteiger partial charge in [-0.05, 0) is 92.2 Å². The molecule has 3 saturated heterocycles. The summed E-state index contributed by atoms with van der Waals surface area (Å²) in [6.07, 6.45) is -11.3. The molecule has 3 heterocycles. The Hall–Kier alpha value is -3.89. The number of hydrogen-bond acceptors (Lipinski definition) is 18. The van der Waals surface area contributed by atoms with E-state index in [1.807, 2.05) is 25.9 Å². The van der Waals surface area contributed by atoms with Gasteiger partial charge in [0.15, 0.2) is 24.8 Å². The van der Waals surface area contributed by atoms with Crippen LogP contribution in [0.15, 0.2) is 60.7 Å². The van der Waals surface area contributed by atoms with Gasteiger partial charge in [-0.2, -0.15) is 8.42 Å². The molecule has 0 aromatic heterocycles. The lowest BCUT2D eigenvalue weighted by molar-refractivity contribution is -0.318. The van der Waals surface area contributed by atoms with Crippen LogP contribution in [0.2, 0.25) is 0 Å². The molecule has 5 rings (SSSR count). The summed E-state index contributed by atoms with van der Waals surface area (Å²) in [6, 6.07) is 16.7. The predicted octanol–water partition coefficient (Wildman–Crippen LogP) is 5.76. The smallest absolute Gasteiger partial charge is 0.338 e. The normalized spacial score (nSPS) is 37.9. The van der Waals surface area contributed by atoms with Gasteiger partial charge in [0.25, 0.3) is 10.1 Å². The lowest BCUT2D eigenvalue weighted by Crippen LogP contribution is -2.62. The lowest BCUT2D eigenvalue weighted by atomic mass is 9.75. The number of benzene rings is 2. The molecule has 19 heteroatoms. The zero-order valence-corrected chi connectivity index (χ0v) is 44.5. The van der Waals surface area contributed by atoms with E-state index in [2.05, 4.69) is 0 Å². The van der Waals surface area contributed by atoms with Gasteiger partial charge in [-0.3, -0.25) is 13.8 Å². The topological polar surface area (TPSA) is 218 Å². The molecular weight excluding hydrogens is 943 g/mol. The zero-order valence-electron chi connectivity index (χ0n) is 43.7. The summed E-state index contributed by atoms with van der Waals surface area (Å²) in [5.74, 6) is -6.67. The van der Waals surface area contributed by atoms with Crippen LogP contribution in [0.25, 0.3) is 0 Å². The molecule has 0 radical (unpaired) electrons. The van der Waals surface area contributed by atoms with Crippen LogP contribution >= 0.6 is 0 Å². The van der Waals surface area contributed by atoms with E-state index in [0.29, 0.717) is 17.5 Å². The molecule has 3 aliphatic rings. The third-order valence-electron chi connectivity index (χ3n) is 14.5. The van der Waals surface area contributed by atoms with Crippen LogP contribution in [0.5, 0.6) is 0 Å². The number of ether oxygens (including phenoxy) is 9. The Morgan fingerprint density at radius 3 is 1.83 bits per heavy atom. The predicted molar refractivity (Wildman–Crippen MR) is 259 cm³/mol. The molecule has 2 unspecified atom stereocenters. The minimum Gasteiger partial charge on any atom is -0.459 e. The maximum atomic E-state index is 14.8. The average Bonchev–Trinajstić information content (AvgIpc) is 3.33. The van der Waals surface area contributed by atoms with Gasteiger partial charge in [0, 0.05) is 38.4 Å². The van der Waals surface area contributed by atoms with Gasteiger partial charge in [-0.25, -0.2) is 9.59 Å². The first-order valence-electron chi connectivity index (χ1n) is 24.5. The first kappa shape index (κ1) is 58.0. The number of carbonyl (C=O) groups excluding carboxylic acids is 4. The molecular formula is C52H77NO17S. The monoisotopic (exact) mass is 1020 g/mol. The largest absolute Gasteiger partial charge is 0.459 e. The maximum Gasteiger partial charge on any atom is 0.338 e. The van der Waals surface area contributed by atoms with Crippen LogP contribution in [0, 0.1) is 23.7 Å². The average molecular weight is 1020 g/mol. The number of likely N-dealkylation sites (N-methyl/N-ethyl adjacent to an activating group) is 1. The van der Waals surface area contributed by atoms with Crippen LogP contribution in [-0.4, -0.2) is 161 Å². The first-order chi connectivity index (χ1) is 33.3. The van der Waals surface area contributed by atoms with Crippen molar-refractivity contribution in [2.45, 2.75) is 173 Å². The van der Waals surface area contributed by atoms with Crippen molar-refractivity contribution in [1.29, 1.82) is 0 Å². The van der Waals surface area contributed by atoms with Crippen molar-refractivity contribution < 1.29 is 79.5 Å². The summed E-state index contributed by atoms with van der Waals surface area (Å²) < 4.78 is 89.1. The van der Waals surface area contributed by atoms with E-state index < -0.39 is 142 Å². The Kier molecular flexibility index (Phi) is 20.0. The Bertz CT molecular complexity index is 2200. The second-order valence-corrected chi connectivity index (χ2v) is 21.9. The van der Waals surface area contributed by atoms with Gasteiger partial charge in [0.2, 0.25) is 0 Å². The number of Topliss-reactive ketones (excluding diaryl/α,β-unsaturated/α-hetero) is 1. The number of carbonyl (C=O) groups is 4. The summed E-state index contributed by atoms with van der Waals surface area (Å²) in [7, 11) is 2.42. The van der Waals surface area contributed by atoms with E-state index in [1.165, 1.54) is 21.1 Å². The molecule has 0 saturated carbocycles. The number of rotatable bonds is 14. The van der Waals surface area contributed by atoms with Gasteiger partial charge in [0.1, 0.15) is 23.6 Å². The van der Waals surface area contributed by atoms with Crippen LogP contribution < -0.4 is 0 Å². The lowest BCUT2D eigenvalue weighted by Gasteiger charge is -2.50. The van der Waals surface area contributed by atoms with E-state index in [1.54, 1.807) is 109 Å². The van der Waals surface area contributed by atoms with Gasteiger partial charge in [-0.15, -0.1) is 0 Å². The SMILES string of the molecule is CC[C@H]1OC(=O)[C@H](C)[C@@H](OC2C[C@@](C)(OC)[C@@H](OC(=O)c3ccccc3)[C@H](C)O2)[C@H](C)[C@@H](OC2O[C@H](C)C[C@H](N(C)C)[C@H]2OC(=O)c2ccccc2)[C@](C)(OC)C[C@@H](C)C(=O)[C@H](C)[C@@H](O)[C@H]1OS(C)(=O)=O. The van der Waals surface area contributed by atoms with E-state index in [9.17, 15) is 32.7 Å². The van der Waals surface area contributed by atoms with Crippen LogP contribution in [0.3, 0.4) is 0 Å². The molecule has 1 N–H and O–H groups in total. The highest BCUT2D eigenvalue weighted by Crippen LogP contribution is 2.42. The molecule has 2 aromatic rings. The molecule has 18 atom stereocenters. The van der Waals surface area contributed by atoms with Crippen LogP contribution in [-0.2, 0) is 66.5 Å². The van der Waals surface area contributed by atoms with Crippen molar-refractivity contribution in [3.8, 4) is 0 Å². The molecule has 18 nitrogen and oxygen atoms in total. The molecule has 398 valence electrons. The highest BCUT2D eigenvalue weighted by atomic mass is 32.2. The summed E-state index contributed by atoms with van der Waals surface area (Å²) in [4.78, 5) is 58.5. The van der Waals surface area contributed by atoms with Crippen molar-refractivity contribution >= 4 is 33.8 Å². The van der Waals surface area contributed by atoms with Gasteiger partial charge in [0.05, 0.1) is 65.5 Å². The number of aliphatic hydroxyl groups excluding tert-OH is 1. The molecule has 3 fully saturated rings. The summed E-state index contributed by atoms with van der Waals surface area (Å²) in [5.41, 5.74) is -1.97. The van der Waals surface area contributed by atoms with Gasteiger partial charge in [-0.1, -0.05) is 64.1 Å². The quantitative estimate of drug-likeness (QED) is 0.135. The van der Waals surface area contributed by atoms with E-state index >= 15 is 0 Å². The molecule has 0 bridgehead atoms. The molecule has 0 amide bonds. The second-order valence-electron chi connectivity index (χ2n) is 20.3. The van der Waals surface area contributed by atoms with Crippen molar-refractivity contribution in [1.82, 2.24) is 4.90 Å². The third kappa shape index (κ3) is 14.0. The van der Waals surface area contributed by atoms with Crippen molar-refractivity contribution in [2.24, 2.45) is 23.7 Å². The summed E-state index contributed by atoms with van der Waals surface area (Å²) in [5, 5.41) is 11.8. The highest BCUT2D eigenvalue weighted by molar-refractivity contribution is 7.86. The Morgan fingerprint density at radius 1 is 0.761 bits per heavy atom. The molecule has 2 aromatic carbocycles. The van der Waals surface area contributed by atoms with Crippen molar-refractivity contribution in [2.75, 3.05) is 34.6 Å². The number of aliphatic hydroxyl groups is 1. The van der Waals surface area contributed by atoms with E-state index in [-0.39, 0.29) is 19.3 Å². The Balaban J connectivity index is 1.65. The molecule has 0 spiro atoms.